The molecule has 0 unspecified atom stereocenters. The molecule has 3 rings (SSSR count). The number of carbonyl (C=O) groups excluding carboxylic acids is 1. The fourth-order valence-electron chi connectivity index (χ4n) is 2.04. The molecular weight excluding hydrogens is 321 g/mol. The van der Waals surface area contributed by atoms with E-state index in [0.29, 0.717) is 17.0 Å². The summed E-state index contributed by atoms with van der Waals surface area (Å²) in [5, 5.41) is 12.0. The van der Waals surface area contributed by atoms with Crippen molar-refractivity contribution in [2.24, 2.45) is 0 Å². The number of amides is 1. The fourth-order valence-corrected chi connectivity index (χ4v) is 2.22. The Bertz CT molecular complexity index is 876. The largest absolute Gasteiger partial charge is 0.508 e. The molecule has 0 saturated carbocycles. The molecule has 0 radical (unpaired) electrons. The van der Waals surface area contributed by atoms with Crippen LogP contribution in [0.5, 0.6) is 5.75 Å². The Kier molecular flexibility index (Phi) is 4.04. The molecule has 1 aromatic heterocycles. The Morgan fingerprint density at radius 3 is 2.70 bits per heavy atom. The average molecular weight is 332 g/mol. The van der Waals surface area contributed by atoms with Gasteiger partial charge in [0.15, 0.2) is 5.76 Å². The molecule has 2 aromatic carbocycles. The summed E-state index contributed by atoms with van der Waals surface area (Å²) in [5.41, 5.74) is 1.01. The van der Waals surface area contributed by atoms with Gasteiger partial charge >= 0.3 is 0 Å². The zero-order valence-corrected chi connectivity index (χ0v) is 12.5. The number of hydrogen-bond donors (Lipinski definition) is 2. The lowest BCUT2D eigenvalue weighted by atomic mass is 10.2. The predicted octanol–water partition coefficient (Wildman–Crippen LogP) is 4.70. The molecule has 1 amide bonds. The Balaban J connectivity index is 1.81. The van der Waals surface area contributed by atoms with Crippen molar-refractivity contribution in [3.63, 3.8) is 0 Å². The Morgan fingerprint density at radius 2 is 1.96 bits per heavy atom. The second-order valence-electron chi connectivity index (χ2n) is 4.80. The summed E-state index contributed by atoms with van der Waals surface area (Å²) < 4.78 is 18.6. The number of nitrogens with one attached hydrogen (secondary N) is 1. The average Bonchev–Trinajstić information content (AvgIpc) is 3.00. The van der Waals surface area contributed by atoms with Gasteiger partial charge in [-0.1, -0.05) is 17.7 Å². The van der Waals surface area contributed by atoms with E-state index < -0.39 is 11.7 Å². The minimum atomic E-state index is -0.524. The van der Waals surface area contributed by atoms with Crippen molar-refractivity contribution >= 4 is 23.2 Å². The molecule has 2 N–H and O–H groups in total. The Morgan fingerprint density at radius 1 is 1.13 bits per heavy atom. The number of carbonyl (C=O) groups is 1. The summed E-state index contributed by atoms with van der Waals surface area (Å²) in [4.78, 5) is 12.1. The Labute approximate surface area is 136 Å². The number of benzene rings is 2. The Hall–Kier alpha value is -2.79. The van der Waals surface area contributed by atoms with E-state index in [1.54, 1.807) is 18.2 Å². The van der Waals surface area contributed by atoms with E-state index in [4.69, 9.17) is 16.0 Å². The molecule has 0 atom stereocenters. The van der Waals surface area contributed by atoms with Crippen molar-refractivity contribution in [3.05, 3.63) is 71.2 Å². The summed E-state index contributed by atoms with van der Waals surface area (Å²) in [7, 11) is 0. The van der Waals surface area contributed by atoms with Gasteiger partial charge in [0.1, 0.15) is 17.3 Å². The van der Waals surface area contributed by atoms with Crippen LogP contribution >= 0.6 is 11.6 Å². The molecule has 23 heavy (non-hydrogen) atoms. The van der Waals surface area contributed by atoms with Gasteiger partial charge in [-0.2, -0.15) is 0 Å². The number of hydrogen-bond acceptors (Lipinski definition) is 3. The molecule has 116 valence electrons. The molecule has 0 aliphatic heterocycles. The molecule has 0 aliphatic rings. The maximum Gasteiger partial charge on any atom is 0.291 e. The highest BCUT2D eigenvalue weighted by Crippen LogP contribution is 2.27. The number of rotatable bonds is 3. The normalized spacial score (nSPS) is 10.5. The molecule has 0 fully saturated rings. The van der Waals surface area contributed by atoms with Gasteiger partial charge in [0.05, 0.1) is 5.02 Å². The van der Waals surface area contributed by atoms with Crippen LogP contribution in [-0.4, -0.2) is 11.0 Å². The number of halogens is 2. The third-order valence-corrected chi connectivity index (χ3v) is 3.43. The molecule has 6 heteroatoms. The van der Waals surface area contributed by atoms with Crippen LogP contribution in [0.2, 0.25) is 5.02 Å². The quantitative estimate of drug-likeness (QED) is 0.731. The van der Waals surface area contributed by atoms with Gasteiger partial charge in [-0.15, -0.1) is 0 Å². The molecule has 0 saturated heterocycles. The van der Waals surface area contributed by atoms with Crippen molar-refractivity contribution < 1.29 is 18.7 Å². The number of furan rings is 1. The standard InChI is InChI=1S/C17H11ClFNO3/c18-13-8-10(4-5-14(13)19)15-6-7-16(23-15)17(22)20-11-2-1-3-12(21)9-11/h1-9,21H,(H,20,22). The van der Waals surface area contributed by atoms with E-state index in [1.807, 2.05) is 0 Å². The van der Waals surface area contributed by atoms with E-state index in [-0.39, 0.29) is 16.5 Å². The van der Waals surface area contributed by atoms with Crippen LogP contribution in [-0.2, 0) is 0 Å². The molecule has 0 spiro atoms. The van der Waals surface area contributed by atoms with E-state index in [0.717, 1.165) is 0 Å². The molecule has 0 aliphatic carbocycles. The lowest BCUT2D eigenvalue weighted by molar-refractivity contribution is 0.0997. The highest BCUT2D eigenvalue weighted by molar-refractivity contribution is 6.31. The SMILES string of the molecule is O=C(Nc1cccc(O)c1)c1ccc(-c2ccc(F)c(Cl)c2)o1. The summed E-state index contributed by atoms with van der Waals surface area (Å²) in [5.74, 6) is -0.459. The van der Waals surface area contributed by atoms with Crippen LogP contribution in [0.15, 0.2) is 59.0 Å². The minimum absolute atomic E-state index is 0.0235. The van der Waals surface area contributed by atoms with Gasteiger partial charge in [-0.25, -0.2) is 4.39 Å². The summed E-state index contributed by atoms with van der Waals surface area (Å²) in [6.45, 7) is 0. The van der Waals surface area contributed by atoms with E-state index in [2.05, 4.69) is 5.32 Å². The van der Waals surface area contributed by atoms with E-state index in [9.17, 15) is 14.3 Å². The number of phenols is 1. The summed E-state index contributed by atoms with van der Waals surface area (Å²) >= 11 is 5.74. The predicted molar refractivity (Wildman–Crippen MR) is 85.2 cm³/mol. The monoisotopic (exact) mass is 331 g/mol. The van der Waals surface area contributed by atoms with Gasteiger partial charge in [0.25, 0.3) is 5.91 Å². The maximum absolute atomic E-state index is 13.2. The van der Waals surface area contributed by atoms with Gasteiger partial charge in [-0.3, -0.25) is 4.79 Å². The molecular formula is C17H11ClFNO3. The first kappa shape index (κ1) is 15.1. The van der Waals surface area contributed by atoms with Gasteiger partial charge in [0, 0.05) is 17.3 Å². The first-order valence-electron chi connectivity index (χ1n) is 6.68. The zero-order valence-electron chi connectivity index (χ0n) is 11.7. The van der Waals surface area contributed by atoms with Crippen LogP contribution in [0.3, 0.4) is 0 Å². The summed E-state index contributed by atoms with van der Waals surface area (Å²) in [6.07, 6.45) is 0. The van der Waals surface area contributed by atoms with Crippen molar-refractivity contribution in [3.8, 4) is 17.1 Å². The van der Waals surface area contributed by atoms with Crippen LogP contribution in [0.4, 0.5) is 10.1 Å². The zero-order chi connectivity index (χ0) is 16.4. The van der Waals surface area contributed by atoms with Crippen molar-refractivity contribution in [1.82, 2.24) is 0 Å². The minimum Gasteiger partial charge on any atom is -0.508 e. The number of aromatic hydroxyl groups is 1. The van der Waals surface area contributed by atoms with Gasteiger partial charge in [0.2, 0.25) is 0 Å². The number of phenolic OH excluding ortho intramolecular Hbond substituents is 1. The van der Waals surface area contributed by atoms with Crippen LogP contribution in [0, 0.1) is 5.82 Å². The molecule has 4 nitrogen and oxygen atoms in total. The third kappa shape index (κ3) is 3.35. The molecule has 3 aromatic rings. The lowest BCUT2D eigenvalue weighted by Crippen LogP contribution is -2.10. The first-order valence-corrected chi connectivity index (χ1v) is 7.06. The second kappa shape index (κ2) is 6.14. The lowest BCUT2D eigenvalue weighted by Gasteiger charge is -2.03. The van der Waals surface area contributed by atoms with Gasteiger partial charge in [-0.05, 0) is 42.5 Å². The fraction of sp³-hybridized carbons (Fsp3) is 0. The van der Waals surface area contributed by atoms with Crippen molar-refractivity contribution in [2.45, 2.75) is 0 Å². The number of anilines is 1. The van der Waals surface area contributed by atoms with Crippen LogP contribution in [0.25, 0.3) is 11.3 Å². The first-order chi connectivity index (χ1) is 11.0. The van der Waals surface area contributed by atoms with E-state index >= 15 is 0 Å². The second-order valence-corrected chi connectivity index (χ2v) is 5.20. The van der Waals surface area contributed by atoms with Gasteiger partial charge < -0.3 is 14.8 Å². The molecule has 1 heterocycles. The topological polar surface area (TPSA) is 62.5 Å². The smallest absolute Gasteiger partial charge is 0.291 e. The highest BCUT2D eigenvalue weighted by atomic mass is 35.5. The third-order valence-electron chi connectivity index (χ3n) is 3.14. The van der Waals surface area contributed by atoms with Crippen LogP contribution < -0.4 is 5.32 Å². The molecule has 0 bridgehead atoms. The van der Waals surface area contributed by atoms with Crippen LogP contribution in [0.1, 0.15) is 10.6 Å². The van der Waals surface area contributed by atoms with E-state index in [1.165, 1.54) is 36.4 Å². The van der Waals surface area contributed by atoms with Crippen molar-refractivity contribution in [2.75, 3.05) is 5.32 Å². The highest BCUT2D eigenvalue weighted by Gasteiger charge is 2.13. The summed E-state index contributed by atoms with van der Waals surface area (Å²) in [6, 6.07) is 13.4. The maximum atomic E-state index is 13.2. The van der Waals surface area contributed by atoms with Crippen molar-refractivity contribution in [1.29, 1.82) is 0 Å².